The summed E-state index contributed by atoms with van der Waals surface area (Å²) in [7, 11) is -0.542. The van der Waals surface area contributed by atoms with Crippen molar-refractivity contribution < 1.29 is 46.7 Å². The summed E-state index contributed by atoms with van der Waals surface area (Å²) in [6.45, 7) is 15.3. The first-order chi connectivity index (χ1) is 22.7. The molecule has 7 atom stereocenters. The summed E-state index contributed by atoms with van der Waals surface area (Å²) in [5.74, 6) is 1.04. The van der Waals surface area contributed by atoms with Crippen molar-refractivity contribution in [2.24, 2.45) is 46.8 Å². The summed E-state index contributed by atoms with van der Waals surface area (Å²) in [5, 5.41) is 20.5. The maximum Gasteiger partial charge on any atom is 0.312 e. The highest BCUT2D eigenvalue weighted by atomic mass is 32.2. The first kappa shape index (κ1) is 42.7. The standard InChI is InChI=1S/C38H63NO9S/c1-10-31(23-33-14-11-13-32(35(33)41)15-16-34-29(5)27(3)28(4)30(34)6)25-38(7,24-26(2)36(42)47-21-19-40)37(43)48-20-18-39(8,9)17-12-22-49(44,45)46/h11,13-16,26-31,34,40H,10,12,17-25H2,1-9H3,(H-,41,44,45,46)/b16-15+. The van der Waals surface area contributed by atoms with Crippen LogP contribution in [0.15, 0.2) is 24.3 Å². The Morgan fingerprint density at radius 2 is 1.65 bits per heavy atom. The molecule has 280 valence electrons. The predicted octanol–water partition coefficient (Wildman–Crippen LogP) is 5.66. The Hall–Kier alpha value is -2.47. The molecule has 11 heteroatoms. The SMILES string of the molecule is CCC(Cc1cccc(/C=C/C2C(C)C(C)C(C)C2C)c1O)CC(C)(CC(C)C(=O)OCCO)C(=O)OCC[N+](C)(C)CCCS(=O)(=O)[O-]. The lowest BCUT2D eigenvalue weighted by Gasteiger charge is -2.34. The van der Waals surface area contributed by atoms with E-state index in [0.717, 1.165) is 17.5 Å². The van der Waals surface area contributed by atoms with Crippen molar-refractivity contribution in [1.82, 2.24) is 0 Å². The van der Waals surface area contributed by atoms with Gasteiger partial charge >= 0.3 is 11.9 Å². The van der Waals surface area contributed by atoms with E-state index in [1.54, 1.807) is 13.8 Å². The van der Waals surface area contributed by atoms with Gasteiger partial charge in [-0.2, -0.15) is 0 Å². The van der Waals surface area contributed by atoms with Gasteiger partial charge in [0.2, 0.25) is 0 Å². The molecule has 2 rings (SSSR count). The van der Waals surface area contributed by atoms with Crippen molar-refractivity contribution in [3.05, 3.63) is 35.4 Å². The molecule has 1 saturated carbocycles. The van der Waals surface area contributed by atoms with E-state index in [1.807, 2.05) is 45.3 Å². The number of nitrogens with zero attached hydrogens (tertiary/aromatic N) is 1. The fourth-order valence-corrected chi connectivity index (χ4v) is 8.04. The van der Waals surface area contributed by atoms with Crippen molar-refractivity contribution in [3.63, 3.8) is 0 Å². The van der Waals surface area contributed by atoms with Crippen molar-refractivity contribution in [1.29, 1.82) is 0 Å². The minimum atomic E-state index is -4.30. The highest BCUT2D eigenvalue weighted by Crippen LogP contribution is 2.46. The molecule has 0 radical (unpaired) electrons. The van der Waals surface area contributed by atoms with Gasteiger partial charge in [0, 0.05) is 17.7 Å². The molecular formula is C38H63NO9S. The third-order valence-corrected chi connectivity index (χ3v) is 12.0. The molecule has 1 aliphatic carbocycles. The Kier molecular flexibility index (Phi) is 16.3. The summed E-state index contributed by atoms with van der Waals surface area (Å²) < 4.78 is 44.4. The molecule has 49 heavy (non-hydrogen) atoms. The molecule has 0 amide bonds. The normalized spacial score (nSPS) is 24.0. The zero-order chi connectivity index (χ0) is 37.2. The number of phenols is 1. The molecule has 0 heterocycles. The van der Waals surface area contributed by atoms with Crippen LogP contribution in [0.2, 0.25) is 0 Å². The summed E-state index contributed by atoms with van der Waals surface area (Å²) in [5.41, 5.74) is 0.518. The number of benzene rings is 1. The number of esters is 2. The maximum absolute atomic E-state index is 13.8. The second-order valence-corrected chi connectivity index (χ2v) is 17.1. The Morgan fingerprint density at radius 1 is 1.02 bits per heavy atom. The van der Waals surface area contributed by atoms with Gasteiger partial charge in [-0.15, -0.1) is 0 Å². The van der Waals surface area contributed by atoms with Gasteiger partial charge in [-0.25, -0.2) is 8.42 Å². The van der Waals surface area contributed by atoms with Crippen LogP contribution in [0.25, 0.3) is 6.08 Å². The third kappa shape index (κ3) is 13.0. The third-order valence-electron chi connectivity index (χ3n) is 11.3. The Labute approximate surface area is 295 Å². The second kappa shape index (κ2) is 18.7. The molecule has 2 N–H and O–H groups in total. The zero-order valence-electron chi connectivity index (χ0n) is 31.3. The molecule has 1 aliphatic rings. The number of carbonyl (C=O) groups is 2. The monoisotopic (exact) mass is 709 g/mol. The number of hydrogen-bond acceptors (Lipinski definition) is 9. The van der Waals surface area contributed by atoms with E-state index in [9.17, 15) is 27.7 Å². The molecular weight excluding hydrogens is 646 g/mol. The minimum Gasteiger partial charge on any atom is -0.748 e. The van der Waals surface area contributed by atoms with E-state index < -0.39 is 39.1 Å². The minimum absolute atomic E-state index is 0.0128. The number of carbonyl (C=O) groups excluding carboxylic acids is 2. The molecule has 10 nitrogen and oxygen atoms in total. The molecule has 1 fully saturated rings. The fraction of sp³-hybridized carbons (Fsp3) is 0.737. The lowest BCUT2D eigenvalue weighted by molar-refractivity contribution is -0.890. The first-order valence-electron chi connectivity index (χ1n) is 17.9. The highest BCUT2D eigenvalue weighted by Gasteiger charge is 2.41. The lowest BCUT2D eigenvalue weighted by Crippen LogP contribution is -2.44. The number of aliphatic hydroxyl groups is 1. The molecule has 7 unspecified atom stereocenters. The van der Waals surface area contributed by atoms with Crippen LogP contribution in [-0.2, 0) is 35.6 Å². The van der Waals surface area contributed by atoms with Crippen LogP contribution in [0.1, 0.15) is 85.3 Å². The lowest BCUT2D eigenvalue weighted by atomic mass is 9.73. The summed E-state index contributed by atoms with van der Waals surface area (Å²) in [6, 6.07) is 5.80. The number of para-hydroxylation sites is 1. The highest BCUT2D eigenvalue weighted by molar-refractivity contribution is 7.85. The summed E-state index contributed by atoms with van der Waals surface area (Å²) >= 11 is 0. The molecule has 0 aliphatic heterocycles. The first-order valence-corrected chi connectivity index (χ1v) is 19.5. The van der Waals surface area contributed by atoms with Gasteiger partial charge in [0.15, 0.2) is 0 Å². The number of allylic oxidation sites excluding steroid dienone is 1. The largest absolute Gasteiger partial charge is 0.748 e. The van der Waals surface area contributed by atoms with Gasteiger partial charge in [-0.1, -0.05) is 78.3 Å². The molecule has 1 aromatic carbocycles. The molecule has 0 saturated heterocycles. The fourth-order valence-electron chi connectivity index (χ4n) is 7.56. The average molecular weight is 710 g/mol. The van der Waals surface area contributed by atoms with Crippen molar-refractivity contribution >= 4 is 28.1 Å². The molecule has 1 aromatic rings. The van der Waals surface area contributed by atoms with E-state index in [0.29, 0.717) is 60.0 Å². The number of ether oxygens (including phenoxy) is 2. The Balaban J connectivity index is 2.23. The number of aliphatic hydroxyl groups excluding tert-OH is 1. The van der Waals surface area contributed by atoms with Gasteiger partial charge < -0.3 is 28.7 Å². The van der Waals surface area contributed by atoms with Gasteiger partial charge in [0.25, 0.3) is 0 Å². The summed E-state index contributed by atoms with van der Waals surface area (Å²) in [4.78, 5) is 26.5. The van der Waals surface area contributed by atoms with Gasteiger partial charge in [0.05, 0.1) is 48.7 Å². The maximum atomic E-state index is 13.8. The van der Waals surface area contributed by atoms with Gasteiger partial charge in [-0.05, 0) is 67.3 Å². The van der Waals surface area contributed by atoms with Crippen LogP contribution in [0.4, 0.5) is 0 Å². The van der Waals surface area contributed by atoms with E-state index in [4.69, 9.17) is 14.6 Å². The van der Waals surface area contributed by atoms with Crippen LogP contribution in [0.3, 0.4) is 0 Å². The average Bonchev–Trinajstić information content (AvgIpc) is 3.20. The number of likely N-dealkylation sites (N-methyl/N-ethyl adjacent to an activating group) is 1. The number of rotatable bonds is 20. The second-order valence-electron chi connectivity index (χ2n) is 15.6. The van der Waals surface area contributed by atoms with Crippen molar-refractivity contribution in [2.75, 3.05) is 52.8 Å². The zero-order valence-corrected chi connectivity index (χ0v) is 32.1. The molecule has 0 aromatic heterocycles. The molecule has 0 bridgehead atoms. The van der Waals surface area contributed by atoms with Crippen LogP contribution >= 0.6 is 0 Å². The molecule has 0 spiro atoms. The van der Waals surface area contributed by atoms with E-state index in [1.165, 1.54) is 0 Å². The van der Waals surface area contributed by atoms with Crippen molar-refractivity contribution in [3.8, 4) is 5.75 Å². The van der Waals surface area contributed by atoms with Crippen LogP contribution in [0, 0.1) is 46.8 Å². The quantitative estimate of drug-likeness (QED) is 0.0993. The van der Waals surface area contributed by atoms with E-state index in [-0.39, 0.29) is 44.3 Å². The van der Waals surface area contributed by atoms with Gasteiger partial charge in [0.1, 0.15) is 25.5 Å². The Bertz CT molecular complexity index is 1350. The number of phenolic OH excluding ortho intramolecular Hbond substituents is 1. The van der Waals surface area contributed by atoms with Crippen LogP contribution in [0.5, 0.6) is 5.75 Å². The smallest absolute Gasteiger partial charge is 0.312 e. The van der Waals surface area contributed by atoms with Crippen LogP contribution in [-0.4, -0.2) is 92.4 Å². The van der Waals surface area contributed by atoms with Crippen LogP contribution < -0.4 is 0 Å². The topological polar surface area (TPSA) is 150 Å². The summed E-state index contributed by atoms with van der Waals surface area (Å²) in [6.07, 6.45) is 6.35. The van der Waals surface area contributed by atoms with Gasteiger partial charge in [-0.3, -0.25) is 9.59 Å². The van der Waals surface area contributed by atoms with E-state index >= 15 is 0 Å². The van der Waals surface area contributed by atoms with E-state index in [2.05, 4.69) is 33.8 Å². The predicted molar refractivity (Wildman–Crippen MR) is 191 cm³/mol. The number of aromatic hydroxyl groups is 1. The number of hydrogen-bond donors (Lipinski definition) is 2. The Morgan fingerprint density at radius 3 is 2.22 bits per heavy atom. The number of quaternary nitrogens is 1. The van der Waals surface area contributed by atoms with Crippen molar-refractivity contribution in [2.45, 2.75) is 80.6 Å².